The van der Waals surface area contributed by atoms with Gasteiger partial charge in [-0.2, -0.15) is 0 Å². The van der Waals surface area contributed by atoms with Crippen LogP contribution in [0, 0.1) is 5.82 Å². The number of rotatable bonds is 1. The molecule has 0 fully saturated rings. The third-order valence-electron chi connectivity index (χ3n) is 1.95. The molecule has 13 heavy (non-hydrogen) atoms. The summed E-state index contributed by atoms with van der Waals surface area (Å²) in [5, 5.41) is 1.15. The Kier molecular flexibility index (Phi) is 2.26. The Morgan fingerprint density at radius 1 is 1.38 bits per heavy atom. The molecule has 3 heteroatoms. The van der Waals surface area contributed by atoms with E-state index < -0.39 is 0 Å². The van der Waals surface area contributed by atoms with Crippen LogP contribution in [0.3, 0.4) is 0 Å². The van der Waals surface area contributed by atoms with Crippen molar-refractivity contribution in [2.45, 2.75) is 13.3 Å². The summed E-state index contributed by atoms with van der Waals surface area (Å²) in [6, 6.07) is 5.06. The summed E-state index contributed by atoms with van der Waals surface area (Å²) in [5.41, 5.74) is 0. The zero-order valence-corrected chi connectivity index (χ0v) is 8.68. The Morgan fingerprint density at radius 3 is 2.85 bits per heavy atom. The molecule has 2 rings (SSSR count). The SMILES string of the molecule is CCc1cc2c(F)cc(Cl)cc2s1. The van der Waals surface area contributed by atoms with Gasteiger partial charge in [0.1, 0.15) is 5.82 Å². The number of benzene rings is 1. The number of halogens is 2. The Morgan fingerprint density at radius 2 is 2.15 bits per heavy atom. The molecule has 0 aliphatic carbocycles. The lowest BCUT2D eigenvalue weighted by Gasteiger charge is -1.92. The van der Waals surface area contributed by atoms with Gasteiger partial charge in [-0.15, -0.1) is 11.3 Å². The first-order valence-corrected chi connectivity index (χ1v) is 5.27. The number of thiophene rings is 1. The minimum Gasteiger partial charge on any atom is -0.206 e. The van der Waals surface area contributed by atoms with Gasteiger partial charge in [0.25, 0.3) is 0 Å². The molecule has 1 aromatic heterocycles. The highest BCUT2D eigenvalue weighted by atomic mass is 35.5. The molecule has 1 aromatic carbocycles. The molecule has 0 spiro atoms. The zero-order chi connectivity index (χ0) is 9.42. The monoisotopic (exact) mass is 214 g/mol. The van der Waals surface area contributed by atoms with Crippen LogP contribution in [0.25, 0.3) is 10.1 Å². The van der Waals surface area contributed by atoms with Crippen LogP contribution >= 0.6 is 22.9 Å². The third-order valence-corrected chi connectivity index (χ3v) is 3.40. The lowest BCUT2D eigenvalue weighted by Crippen LogP contribution is -1.73. The summed E-state index contributed by atoms with van der Waals surface area (Å²) in [7, 11) is 0. The molecule has 0 nitrogen and oxygen atoms in total. The van der Waals surface area contributed by atoms with Crippen molar-refractivity contribution >= 4 is 33.0 Å². The van der Waals surface area contributed by atoms with E-state index >= 15 is 0 Å². The molecule has 0 radical (unpaired) electrons. The number of aryl methyl sites for hydroxylation is 1. The van der Waals surface area contributed by atoms with Crippen LogP contribution in [0.15, 0.2) is 18.2 Å². The maximum absolute atomic E-state index is 13.3. The van der Waals surface area contributed by atoms with Crippen molar-refractivity contribution in [2.24, 2.45) is 0 Å². The molecule has 0 atom stereocenters. The van der Waals surface area contributed by atoms with Crippen LogP contribution < -0.4 is 0 Å². The van der Waals surface area contributed by atoms with Crippen LogP contribution in [0.4, 0.5) is 4.39 Å². The van der Waals surface area contributed by atoms with Gasteiger partial charge in [-0.3, -0.25) is 0 Å². The fourth-order valence-corrected chi connectivity index (χ4v) is 2.62. The van der Waals surface area contributed by atoms with E-state index in [1.165, 1.54) is 10.9 Å². The van der Waals surface area contributed by atoms with Gasteiger partial charge in [0, 0.05) is 20.0 Å². The summed E-state index contributed by atoms with van der Waals surface area (Å²) in [6.45, 7) is 2.06. The van der Waals surface area contributed by atoms with Crippen molar-refractivity contribution in [3.63, 3.8) is 0 Å². The highest BCUT2D eigenvalue weighted by Gasteiger charge is 2.06. The van der Waals surface area contributed by atoms with E-state index in [-0.39, 0.29) is 5.82 Å². The number of hydrogen-bond acceptors (Lipinski definition) is 1. The molecule has 0 aliphatic rings. The van der Waals surface area contributed by atoms with Crippen molar-refractivity contribution in [3.05, 3.63) is 33.9 Å². The van der Waals surface area contributed by atoms with E-state index in [4.69, 9.17) is 11.6 Å². The summed E-state index contributed by atoms with van der Waals surface area (Å²) in [5.74, 6) is -0.224. The topological polar surface area (TPSA) is 0 Å². The molecule has 1 heterocycles. The van der Waals surface area contributed by atoms with Gasteiger partial charge in [-0.1, -0.05) is 18.5 Å². The molecule has 0 unspecified atom stereocenters. The molecular formula is C10H8ClFS. The fourth-order valence-electron chi connectivity index (χ4n) is 1.29. The second-order valence-electron chi connectivity index (χ2n) is 2.87. The molecule has 68 valence electrons. The molecule has 0 saturated carbocycles. The van der Waals surface area contributed by atoms with E-state index in [0.29, 0.717) is 10.4 Å². The third kappa shape index (κ3) is 1.56. The van der Waals surface area contributed by atoms with E-state index in [9.17, 15) is 4.39 Å². The first-order valence-electron chi connectivity index (χ1n) is 4.08. The van der Waals surface area contributed by atoms with Gasteiger partial charge in [-0.05, 0) is 24.6 Å². The molecule has 2 aromatic rings. The van der Waals surface area contributed by atoms with Gasteiger partial charge in [0.2, 0.25) is 0 Å². The van der Waals surface area contributed by atoms with Crippen LogP contribution in [-0.4, -0.2) is 0 Å². The minimum atomic E-state index is -0.224. The van der Waals surface area contributed by atoms with Crippen LogP contribution in [0.5, 0.6) is 0 Å². The van der Waals surface area contributed by atoms with E-state index in [1.54, 1.807) is 11.3 Å². The average molecular weight is 215 g/mol. The predicted octanol–water partition coefficient (Wildman–Crippen LogP) is 4.26. The van der Waals surface area contributed by atoms with E-state index in [2.05, 4.69) is 6.92 Å². The van der Waals surface area contributed by atoms with Gasteiger partial charge in [0.15, 0.2) is 0 Å². The largest absolute Gasteiger partial charge is 0.206 e. The maximum Gasteiger partial charge on any atom is 0.133 e. The lowest BCUT2D eigenvalue weighted by molar-refractivity contribution is 0.640. The first-order chi connectivity index (χ1) is 6.20. The van der Waals surface area contributed by atoms with Crippen LogP contribution in [0.2, 0.25) is 5.02 Å². The summed E-state index contributed by atoms with van der Waals surface area (Å²) in [4.78, 5) is 1.19. The second-order valence-corrected chi connectivity index (χ2v) is 4.47. The van der Waals surface area contributed by atoms with Gasteiger partial charge in [0.05, 0.1) is 0 Å². The maximum atomic E-state index is 13.3. The number of fused-ring (bicyclic) bond motifs is 1. The van der Waals surface area contributed by atoms with Crippen molar-refractivity contribution in [3.8, 4) is 0 Å². The lowest BCUT2D eigenvalue weighted by atomic mass is 10.2. The minimum absolute atomic E-state index is 0.224. The molecule has 0 saturated heterocycles. The summed E-state index contributed by atoms with van der Waals surface area (Å²) >= 11 is 7.34. The zero-order valence-electron chi connectivity index (χ0n) is 7.10. The van der Waals surface area contributed by atoms with Crippen LogP contribution in [-0.2, 0) is 6.42 Å². The Balaban J connectivity index is 2.75. The summed E-state index contributed by atoms with van der Waals surface area (Å²) in [6.07, 6.45) is 0.941. The van der Waals surface area contributed by atoms with Gasteiger partial charge >= 0.3 is 0 Å². The highest BCUT2D eigenvalue weighted by Crippen LogP contribution is 2.30. The standard InChI is InChI=1S/C10H8ClFS/c1-2-7-5-8-9(12)3-6(11)4-10(8)13-7/h3-5H,2H2,1H3. The van der Waals surface area contributed by atoms with E-state index in [1.807, 2.05) is 12.1 Å². The van der Waals surface area contributed by atoms with Crippen LogP contribution in [0.1, 0.15) is 11.8 Å². The van der Waals surface area contributed by atoms with Gasteiger partial charge < -0.3 is 0 Å². The van der Waals surface area contributed by atoms with Crippen molar-refractivity contribution < 1.29 is 4.39 Å². The number of hydrogen-bond donors (Lipinski definition) is 0. The fraction of sp³-hybridized carbons (Fsp3) is 0.200. The highest BCUT2D eigenvalue weighted by molar-refractivity contribution is 7.19. The first kappa shape index (κ1) is 8.97. The quantitative estimate of drug-likeness (QED) is 0.666. The Bertz CT molecular complexity index is 447. The van der Waals surface area contributed by atoms with Crippen molar-refractivity contribution in [1.29, 1.82) is 0 Å². The van der Waals surface area contributed by atoms with E-state index in [0.717, 1.165) is 11.1 Å². The molecule has 0 aliphatic heterocycles. The molecule has 0 N–H and O–H groups in total. The Labute approximate surface area is 85.0 Å². The predicted molar refractivity (Wildman–Crippen MR) is 56.2 cm³/mol. The summed E-state index contributed by atoms with van der Waals surface area (Å²) < 4.78 is 14.3. The van der Waals surface area contributed by atoms with Gasteiger partial charge in [-0.25, -0.2) is 4.39 Å². The Hall–Kier alpha value is -0.600. The molecule has 0 bridgehead atoms. The smallest absolute Gasteiger partial charge is 0.133 e. The van der Waals surface area contributed by atoms with Crippen molar-refractivity contribution in [2.75, 3.05) is 0 Å². The van der Waals surface area contributed by atoms with Crippen molar-refractivity contribution in [1.82, 2.24) is 0 Å². The normalized spacial score (nSPS) is 11.0. The average Bonchev–Trinajstić information content (AvgIpc) is 2.47. The second kappa shape index (κ2) is 3.28. The molecule has 0 amide bonds. The molecular weight excluding hydrogens is 207 g/mol.